The van der Waals surface area contributed by atoms with E-state index in [4.69, 9.17) is 5.73 Å². The molecule has 0 aromatic heterocycles. The molecule has 0 spiro atoms. The van der Waals surface area contributed by atoms with Crippen LogP contribution < -0.4 is 5.73 Å². The predicted molar refractivity (Wildman–Crippen MR) is 69.7 cm³/mol. The van der Waals surface area contributed by atoms with Crippen LogP contribution in [0.3, 0.4) is 0 Å². The molecular formula is C12H15F3N2O3S. The fourth-order valence-corrected chi connectivity index (χ4v) is 3.25. The molecular weight excluding hydrogens is 309 g/mol. The molecule has 1 aromatic rings. The SMILES string of the molecule is CC(C)N(CC(N)=O)S(=O)(=O)c1ccc(C(F)(F)F)cc1. The molecule has 118 valence electrons. The zero-order valence-electron chi connectivity index (χ0n) is 11.4. The quantitative estimate of drug-likeness (QED) is 0.893. The van der Waals surface area contributed by atoms with Gasteiger partial charge in [0.2, 0.25) is 15.9 Å². The first-order valence-corrected chi connectivity index (χ1v) is 7.37. The van der Waals surface area contributed by atoms with E-state index in [1.54, 1.807) is 0 Å². The number of nitrogens with two attached hydrogens (primary N) is 1. The van der Waals surface area contributed by atoms with Crippen LogP contribution in [0, 0.1) is 0 Å². The fraction of sp³-hybridized carbons (Fsp3) is 0.417. The van der Waals surface area contributed by atoms with Crippen LogP contribution in [0.2, 0.25) is 0 Å². The first-order valence-electron chi connectivity index (χ1n) is 5.93. The number of hydrogen-bond donors (Lipinski definition) is 1. The molecule has 0 aliphatic rings. The standard InChI is InChI=1S/C12H15F3N2O3S/c1-8(2)17(7-11(16)18)21(19,20)10-5-3-9(4-6-10)12(13,14)15/h3-6,8H,7H2,1-2H3,(H2,16,18). The van der Waals surface area contributed by atoms with Gasteiger partial charge in [0.05, 0.1) is 17.0 Å². The summed E-state index contributed by atoms with van der Waals surface area (Å²) >= 11 is 0. The Morgan fingerprint density at radius 2 is 1.71 bits per heavy atom. The molecule has 21 heavy (non-hydrogen) atoms. The fourth-order valence-electron chi connectivity index (χ4n) is 1.65. The van der Waals surface area contributed by atoms with Gasteiger partial charge in [-0.15, -0.1) is 0 Å². The number of alkyl halides is 3. The summed E-state index contributed by atoms with van der Waals surface area (Å²) in [6, 6.07) is 2.50. The molecule has 0 saturated carbocycles. The summed E-state index contributed by atoms with van der Waals surface area (Å²) in [6.45, 7) is 2.52. The Kier molecular flexibility index (Phi) is 5.00. The van der Waals surface area contributed by atoms with Gasteiger partial charge in [0, 0.05) is 6.04 Å². The van der Waals surface area contributed by atoms with E-state index in [0.717, 1.165) is 16.4 Å². The minimum Gasteiger partial charge on any atom is -0.369 e. The number of carbonyl (C=O) groups is 1. The number of benzene rings is 1. The highest BCUT2D eigenvalue weighted by molar-refractivity contribution is 7.89. The largest absolute Gasteiger partial charge is 0.416 e. The molecule has 0 radical (unpaired) electrons. The zero-order chi connectivity index (χ0) is 16.4. The number of halogens is 3. The zero-order valence-corrected chi connectivity index (χ0v) is 12.2. The van der Waals surface area contributed by atoms with Crippen LogP contribution in [0.5, 0.6) is 0 Å². The van der Waals surface area contributed by atoms with Gasteiger partial charge < -0.3 is 5.73 Å². The van der Waals surface area contributed by atoms with Crippen molar-refractivity contribution in [3.8, 4) is 0 Å². The number of nitrogens with zero attached hydrogens (tertiary/aromatic N) is 1. The number of rotatable bonds is 5. The summed E-state index contributed by atoms with van der Waals surface area (Å²) < 4.78 is 62.8. The molecule has 0 bridgehead atoms. The minimum atomic E-state index is -4.55. The Bertz CT molecular complexity index is 610. The summed E-state index contributed by atoms with van der Waals surface area (Å²) in [5.41, 5.74) is 4.04. The van der Waals surface area contributed by atoms with Crippen molar-refractivity contribution in [1.29, 1.82) is 0 Å². The number of amides is 1. The van der Waals surface area contributed by atoms with Crippen LogP contribution in [0.4, 0.5) is 13.2 Å². The van der Waals surface area contributed by atoms with Gasteiger partial charge >= 0.3 is 6.18 Å². The van der Waals surface area contributed by atoms with Crippen molar-refractivity contribution in [3.05, 3.63) is 29.8 Å². The van der Waals surface area contributed by atoms with Crippen molar-refractivity contribution in [2.24, 2.45) is 5.73 Å². The van der Waals surface area contributed by atoms with Crippen molar-refractivity contribution < 1.29 is 26.4 Å². The van der Waals surface area contributed by atoms with E-state index in [-0.39, 0.29) is 4.90 Å². The van der Waals surface area contributed by atoms with Crippen LogP contribution in [-0.2, 0) is 21.0 Å². The average Bonchev–Trinajstić information content (AvgIpc) is 2.34. The Morgan fingerprint density at radius 3 is 2.05 bits per heavy atom. The van der Waals surface area contributed by atoms with Gasteiger partial charge in [0.1, 0.15) is 0 Å². The third kappa shape index (κ3) is 4.18. The molecule has 0 aliphatic carbocycles. The van der Waals surface area contributed by atoms with E-state index in [0.29, 0.717) is 12.1 Å². The first-order chi connectivity index (χ1) is 9.46. The summed E-state index contributed by atoms with van der Waals surface area (Å²) in [4.78, 5) is 10.6. The third-order valence-corrected chi connectivity index (χ3v) is 4.71. The van der Waals surface area contributed by atoms with E-state index in [1.165, 1.54) is 13.8 Å². The van der Waals surface area contributed by atoms with Gasteiger partial charge in [-0.1, -0.05) is 0 Å². The van der Waals surface area contributed by atoms with Crippen LogP contribution in [0.15, 0.2) is 29.2 Å². The van der Waals surface area contributed by atoms with Gasteiger partial charge in [-0.05, 0) is 38.1 Å². The molecule has 5 nitrogen and oxygen atoms in total. The summed E-state index contributed by atoms with van der Waals surface area (Å²) in [5, 5.41) is 0. The van der Waals surface area contributed by atoms with Crippen LogP contribution >= 0.6 is 0 Å². The molecule has 0 heterocycles. The van der Waals surface area contributed by atoms with Crippen molar-refractivity contribution in [3.63, 3.8) is 0 Å². The summed E-state index contributed by atoms with van der Waals surface area (Å²) in [6.07, 6.45) is -4.55. The van der Waals surface area contributed by atoms with E-state index in [1.807, 2.05) is 0 Å². The van der Waals surface area contributed by atoms with Crippen LogP contribution in [0.1, 0.15) is 19.4 Å². The second-order valence-corrected chi connectivity index (χ2v) is 6.52. The molecule has 1 amide bonds. The maximum absolute atomic E-state index is 12.5. The van der Waals surface area contributed by atoms with Crippen LogP contribution in [0.25, 0.3) is 0 Å². The van der Waals surface area contributed by atoms with E-state index in [9.17, 15) is 26.4 Å². The highest BCUT2D eigenvalue weighted by atomic mass is 32.2. The lowest BCUT2D eigenvalue weighted by Crippen LogP contribution is -2.42. The Labute approximate surface area is 120 Å². The van der Waals surface area contributed by atoms with Gasteiger partial charge in [-0.3, -0.25) is 4.79 Å². The second-order valence-electron chi connectivity index (χ2n) is 4.63. The van der Waals surface area contributed by atoms with Crippen LogP contribution in [-0.4, -0.2) is 31.2 Å². The molecule has 1 aromatic carbocycles. The summed E-state index contributed by atoms with van der Waals surface area (Å²) in [5.74, 6) is -0.848. The molecule has 0 unspecified atom stereocenters. The first kappa shape index (κ1) is 17.4. The van der Waals surface area contributed by atoms with Crippen molar-refractivity contribution in [2.45, 2.75) is 31.0 Å². The maximum atomic E-state index is 12.5. The third-order valence-electron chi connectivity index (χ3n) is 2.68. The normalized spacial score (nSPS) is 12.9. The predicted octanol–water partition coefficient (Wildman–Crippen LogP) is 1.59. The van der Waals surface area contributed by atoms with Crippen molar-refractivity contribution >= 4 is 15.9 Å². The molecule has 0 aliphatic heterocycles. The van der Waals surface area contributed by atoms with Crippen molar-refractivity contribution in [1.82, 2.24) is 4.31 Å². The molecule has 1 rings (SSSR count). The number of sulfonamides is 1. The Morgan fingerprint density at radius 1 is 1.24 bits per heavy atom. The highest BCUT2D eigenvalue weighted by Gasteiger charge is 2.32. The molecule has 0 atom stereocenters. The van der Waals surface area contributed by atoms with Gasteiger partial charge in [0.25, 0.3) is 0 Å². The molecule has 2 N–H and O–H groups in total. The highest BCUT2D eigenvalue weighted by Crippen LogP contribution is 2.30. The lowest BCUT2D eigenvalue weighted by molar-refractivity contribution is -0.137. The Balaban J connectivity index is 3.20. The number of carbonyl (C=O) groups excluding carboxylic acids is 1. The molecule has 0 saturated heterocycles. The van der Waals surface area contributed by atoms with E-state index in [2.05, 4.69) is 0 Å². The van der Waals surface area contributed by atoms with Gasteiger partial charge in [-0.2, -0.15) is 17.5 Å². The van der Waals surface area contributed by atoms with Gasteiger partial charge in [-0.25, -0.2) is 8.42 Å². The minimum absolute atomic E-state index is 0.328. The van der Waals surface area contributed by atoms with E-state index < -0.39 is 40.3 Å². The molecule has 0 fully saturated rings. The average molecular weight is 324 g/mol. The molecule has 9 heteroatoms. The topological polar surface area (TPSA) is 80.5 Å². The Hall–Kier alpha value is -1.61. The summed E-state index contributed by atoms with van der Waals surface area (Å²) in [7, 11) is -4.09. The second kappa shape index (κ2) is 6.02. The lowest BCUT2D eigenvalue weighted by Gasteiger charge is -2.24. The smallest absolute Gasteiger partial charge is 0.369 e. The maximum Gasteiger partial charge on any atom is 0.416 e. The van der Waals surface area contributed by atoms with E-state index >= 15 is 0 Å². The monoisotopic (exact) mass is 324 g/mol. The number of primary amides is 1. The number of hydrogen-bond acceptors (Lipinski definition) is 3. The van der Waals surface area contributed by atoms with Gasteiger partial charge in [0.15, 0.2) is 0 Å². The van der Waals surface area contributed by atoms with Crippen molar-refractivity contribution in [2.75, 3.05) is 6.54 Å². The lowest BCUT2D eigenvalue weighted by atomic mass is 10.2.